The molecule has 0 saturated carbocycles. The van der Waals surface area contributed by atoms with Crippen LogP contribution in [-0.4, -0.2) is 27.0 Å². The Balaban J connectivity index is 1.40. The molecule has 0 bridgehead atoms. The number of carbonyl (C=O) groups excluding carboxylic acids is 1. The summed E-state index contributed by atoms with van der Waals surface area (Å²) >= 11 is 0. The van der Waals surface area contributed by atoms with Crippen molar-refractivity contribution in [3.8, 4) is 11.3 Å². The summed E-state index contributed by atoms with van der Waals surface area (Å²) in [5.41, 5.74) is 2.26. The van der Waals surface area contributed by atoms with Gasteiger partial charge in [-0.25, -0.2) is 9.37 Å². The van der Waals surface area contributed by atoms with Crippen LogP contribution in [0.25, 0.3) is 22.2 Å². The summed E-state index contributed by atoms with van der Waals surface area (Å²) in [5.74, 6) is -0.581. The zero-order valence-electron chi connectivity index (χ0n) is 14.9. The molecule has 0 saturated heterocycles. The minimum atomic E-state index is -0.345. The van der Waals surface area contributed by atoms with E-state index in [-0.39, 0.29) is 23.8 Å². The Morgan fingerprint density at radius 1 is 1.11 bits per heavy atom. The number of halogens is 1. The number of para-hydroxylation sites is 1. The van der Waals surface area contributed by atoms with Crippen molar-refractivity contribution in [1.82, 2.24) is 19.9 Å². The first-order chi connectivity index (χ1) is 13.6. The van der Waals surface area contributed by atoms with Gasteiger partial charge in [0, 0.05) is 35.6 Å². The van der Waals surface area contributed by atoms with Crippen LogP contribution in [0.2, 0.25) is 0 Å². The normalized spacial score (nSPS) is 10.9. The second kappa shape index (κ2) is 7.48. The molecule has 28 heavy (non-hydrogen) atoms. The maximum Gasteiger partial charge on any atom is 0.267 e. The van der Waals surface area contributed by atoms with E-state index in [1.807, 2.05) is 24.3 Å². The van der Waals surface area contributed by atoms with Gasteiger partial charge < -0.3 is 10.3 Å². The summed E-state index contributed by atoms with van der Waals surface area (Å²) in [6.07, 6.45) is 1.43. The van der Waals surface area contributed by atoms with Crippen LogP contribution in [0, 0.1) is 5.82 Å². The molecular formula is C21H17FN4O2. The first kappa shape index (κ1) is 17.7. The predicted molar refractivity (Wildman–Crippen MR) is 105 cm³/mol. The lowest BCUT2D eigenvalue weighted by Gasteiger charge is -2.08. The lowest BCUT2D eigenvalue weighted by molar-refractivity contribution is 0.0948. The minimum Gasteiger partial charge on any atom is -0.351 e. The van der Waals surface area contributed by atoms with Gasteiger partial charge in [-0.05, 0) is 36.4 Å². The van der Waals surface area contributed by atoms with Crippen molar-refractivity contribution in [2.75, 3.05) is 6.54 Å². The molecule has 0 aliphatic carbocycles. The molecule has 7 heteroatoms. The fourth-order valence-corrected chi connectivity index (χ4v) is 2.95. The fraction of sp³-hybridized carbons (Fsp3) is 0.0952. The smallest absolute Gasteiger partial charge is 0.267 e. The highest BCUT2D eigenvalue weighted by molar-refractivity contribution is 5.97. The van der Waals surface area contributed by atoms with Crippen LogP contribution in [0.15, 0.2) is 71.8 Å². The number of benzene rings is 2. The van der Waals surface area contributed by atoms with Crippen molar-refractivity contribution >= 4 is 16.8 Å². The SMILES string of the molecule is O=C(NCCn1cnc(-c2ccc(F)cc2)cc1=O)c1cc2ccccc2[nH]1. The molecule has 2 aromatic heterocycles. The molecule has 4 rings (SSSR count). The molecule has 0 spiro atoms. The molecule has 6 nitrogen and oxygen atoms in total. The monoisotopic (exact) mass is 376 g/mol. The predicted octanol–water partition coefficient (Wildman–Crippen LogP) is 2.96. The van der Waals surface area contributed by atoms with Crippen molar-refractivity contribution in [1.29, 1.82) is 0 Å². The van der Waals surface area contributed by atoms with Gasteiger partial charge in [0.15, 0.2) is 0 Å². The molecule has 2 aromatic carbocycles. The van der Waals surface area contributed by atoms with E-state index in [2.05, 4.69) is 15.3 Å². The summed E-state index contributed by atoms with van der Waals surface area (Å²) in [7, 11) is 0. The lowest BCUT2D eigenvalue weighted by Crippen LogP contribution is -2.31. The number of nitrogens with zero attached hydrogens (tertiary/aromatic N) is 2. The van der Waals surface area contributed by atoms with Crippen molar-refractivity contribution < 1.29 is 9.18 Å². The minimum absolute atomic E-state index is 0.236. The van der Waals surface area contributed by atoms with Crippen LogP contribution in [0.3, 0.4) is 0 Å². The van der Waals surface area contributed by atoms with E-state index in [1.54, 1.807) is 18.2 Å². The van der Waals surface area contributed by atoms with Crippen LogP contribution in [-0.2, 0) is 6.54 Å². The van der Waals surface area contributed by atoms with Gasteiger partial charge in [-0.1, -0.05) is 18.2 Å². The number of amides is 1. The summed E-state index contributed by atoms with van der Waals surface area (Å²) in [4.78, 5) is 31.9. The molecule has 140 valence electrons. The number of hydrogen-bond donors (Lipinski definition) is 2. The van der Waals surface area contributed by atoms with E-state index in [0.717, 1.165) is 10.9 Å². The van der Waals surface area contributed by atoms with Gasteiger partial charge >= 0.3 is 0 Å². The van der Waals surface area contributed by atoms with E-state index in [9.17, 15) is 14.0 Å². The Hall–Kier alpha value is -3.74. The van der Waals surface area contributed by atoms with E-state index in [0.29, 0.717) is 23.5 Å². The van der Waals surface area contributed by atoms with E-state index in [1.165, 1.54) is 29.1 Å². The molecule has 2 N–H and O–H groups in total. The molecular weight excluding hydrogens is 359 g/mol. The van der Waals surface area contributed by atoms with Crippen LogP contribution in [0.4, 0.5) is 4.39 Å². The van der Waals surface area contributed by atoms with Crippen LogP contribution < -0.4 is 10.9 Å². The topological polar surface area (TPSA) is 79.8 Å². The Morgan fingerprint density at radius 3 is 2.64 bits per heavy atom. The summed E-state index contributed by atoms with van der Waals surface area (Å²) in [6, 6.07) is 16.6. The van der Waals surface area contributed by atoms with Crippen molar-refractivity contribution in [3.63, 3.8) is 0 Å². The summed E-state index contributed by atoms with van der Waals surface area (Å²) < 4.78 is 14.4. The molecule has 0 aliphatic rings. The number of aromatic amines is 1. The van der Waals surface area contributed by atoms with Gasteiger partial charge in [0.05, 0.1) is 12.0 Å². The van der Waals surface area contributed by atoms with Gasteiger partial charge in [-0.3, -0.25) is 14.2 Å². The quantitative estimate of drug-likeness (QED) is 0.562. The zero-order valence-corrected chi connectivity index (χ0v) is 14.9. The van der Waals surface area contributed by atoms with Crippen molar-refractivity contribution in [2.24, 2.45) is 0 Å². The molecule has 2 heterocycles. The van der Waals surface area contributed by atoms with Gasteiger partial charge in [0.2, 0.25) is 0 Å². The molecule has 0 fully saturated rings. The Kier molecular flexibility index (Phi) is 4.72. The van der Waals surface area contributed by atoms with Gasteiger partial charge in [0.1, 0.15) is 11.5 Å². The average molecular weight is 376 g/mol. The molecule has 0 aliphatic heterocycles. The second-order valence-corrected chi connectivity index (χ2v) is 6.34. The van der Waals surface area contributed by atoms with Gasteiger partial charge in [-0.2, -0.15) is 0 Å². The number of hydrogen-bond acceptors (Lipinski definition) is 3. The van der Waals surface area contributed by atoms with E-state index < -0.39 is 0 Å². The summed E-state index contributed by atoms with van der Waals surface area (Å²) in [6.45, 7) is 0.577. The maximum absolute atomic E-state index is 13.0. The molecule has 0 unspecified atom stereocenters. The number of aromatic nitrogens is 3. The van der Waals surface area contributed by atoms with Crippen LogP contribution in [0.1, 0.15) is 10.5 Å². The standard InChI is InChI=1S/C21H17FN4O2/c22-16-7-5-14(6-8-16)18-12-20(27)26(13-24-18)10-9-23-21(28)19-11-15-3-1-2-4-17(15)25-19/h1-8,11-13,25H,9-10H2,(H,23,28). The first-order valence-electron chi connectivity index (χ1n) is 8.78. The van der Waals surface area contributed by atoms with E-state index in [4.69, 9.17) is 0 Å². The van der Waals surface area contributed by atoms with Crippen molar-refractivity contribution in [3.05, 3.63) is 88.9 Å². The molecule has 1 amide bonds. The highest BCUT2D eigenvalue weighted by atomic mass is 19.1. The molecule has 4 aromatic rings. The third-order valence-corrected chi connectivity index (χ3v) is 4.43. The number of fused-ring (bicyclic) bond motifs is 1. The lowest BCUT2D eigenvalue weighted by atomic mass is 10.1. The average Bonchev–Trinajstić information content (AvgIpc) is 3.14. The first-order valence-corrected chi connectivity index (χ1v) is 8.78. The fourth-order valence-electron chi connectivity index (χ4n) is 2.95. The molecule has 0 radical (unpaired) electrons. The second-order valence-electron chi connectivity index (χ2n) is 6.34. The summed E-state index contributed by atoms with van der Waals surface area (Å²) in [5, 5.41) is 3.75. The zero-order chi connectivity index (χ0) is 19.5. The number of nitrogens with one attached hydrogen (secondary N) is 2. The van der Waals surface area contributed by atoms with Crippen LogP contribution >= 0.6 is 0 Å². The molecule has 0 atom stereocenters. The third-order valence-electron chi connectivity index (χ3n) is 4.43. The number of H-pyrrole nitrogens is 1. The van der Waals surface area contributed by atoms with Crippen molar-refractivity contribution in [2.45, 2.75) is 6.54 Å². The largest absolute Gasteiger partial charge is 0.351 e. The van der Waals surface area contributed by atoms with Crippen LogP contribution in [0.5, 0.6) is 0 Å². The number of rotatable bonds is 5. The Morgan fingerprint density at radius 2 is 1.89 bits per heavy atom. The Bertz CT molecular complexity index is 1160. The van der Waals surface area contributed by atoms with Gasteiger partial charge in [-0.15, -0.1) is 0 Å². The maximum atomic E-state index is 13.0. The third kappa shape index (κ3) is 3.68. The highest BCUT2D eigenvalue weighted by Gasteiger charge is 2.09. The van der Waals surface area contributed by atoms with Gasteiger partial charge in [0.25, 0.3) is 11.5 Å². The Labute approximate surface area is 159 Å². The highest BCUT2D eigenvalue weighted by Crippen LogP contribution is 2.15. The van der Waals surface area contributed by atoms with E-state index >= 15 is 0 Å². The number of carbonyl (C=O) groups is 1.